The molecule has 0 unspecified atom stereocenters. The third-order valence-electron chi connectivity index (χ3n) is 5.93. The first-order valence-corrected chi connectivity index (χ1v) is 11.8. The predicted octanol–water partition coefficient (Wildman–Crippen LogP) is 4.04. The molecule has 1 N–H and O–H groups in total. The first kappa shape index (κ1) is 21.0. The Bertz CT molecular complexity index is 720. The zero-order valence-corrected chi connectivity index (χ0v) is 18.1. The van der Waals surface area contributed by atoms with Gasteiger partial charge in [0.2, 0.25) is 5.91 Å². The highest BCUT2D eigenvalue weighted by atomic mass is 32.1. The zero-order valence-electron chi connectivity index (χ0n) is 17.3. The van der Waals surface area contributed by atoms with Gasteiger partial charge in [0.15, 0.2) is 5.13 Å². The van der Waals surface area contributed by atoms with Crippen molar-refractivity contribution in [3.63, 3.8) is 0 Å². The van der Waals surface area contributed by atoms with Crippen LogP contribution in [-0.4, -0.2) is 37.1 Å². The van der Waals surface area contributed by atoms with Crippen molar-refractivity contribution in [2.75, 3.05) is 31.1 Å². The number of hydrogen-bond donors (Lipinski definition) is 1. The van der Waals surface area contributed by atoms with Crippen LogP contribution < -0.4 is 9.80 Å². The van der Waals surface area contributed by atoms with E-state index < -0.39 is 0 Å². The number of amides is 1. The summed E-state index contributed by atoms with van der Waals surface area (Å²) in [5.74, 6) is 0.474. The number of aromatic nitrogens is 1. The summed E-state index contributed by atoms with van der Waals surface area (Å²) in [6.45, 7) is 8.64. The fraction of sp³-hybridized carbons (Fsp3) is 0.565. The Balaban J connectivity index is 1.75. The van der Waals surface area contributed by atoms with Crippen LogP contribution in [0.25, 0.3) is 11.3 Å². The molecule has 1 heterocycles. The molecule has 0 bridgehead atoms. The van der Waals surface area contributed by atoms with Gasteiger partial charge in [-0.25, -0.2) is 4.98 Å². The minimum Gasteiger partial charge on any atom is -0.335 e. The Morgan fingerprint density at radius 1 is 1.14 bits per heavy atom. The zero-order chi connectivity index (χ0) is 19.8. The maximum absolute atomic E-state index is 13.3. The lowest BCUT2D eigenvalue weighted by molar-refractivity contribution is -0.896. The molecule has 4 nitrogen and oxygen atoms in total. The summed E-state index contributed by atoms with van der Waals surface area (Å²) in [6, 6.07) is 10.2. The van der Waals surface area contributed by atoms with E-state index in [1.807, 2.05) is 23.1 Å². The Labute approximate surface area is 173 Å². The van der Waals surface area contributed by atoms with E-state index in [0.717, 1.165) is 61.8 Å². The molecule has 152 valence electrons. The van der Waals surface area contributed by atoms with Crippen molar-refractivity contribution < 1.29 is 9.69 Å². The summed E-state index contributed by atoms with van der Waals surface area (Å²) < 4.78 is 0. The van der Waals surface area contributed by atoms with Crippen molar-refractivity contribution in [1.82, 2.24) is 4.98 Å². The highest BCUT2D eigenvalue weighted by Crippen LogP contribution is 2.31. The van der Waals surface area contributed by atoms with E-state index in [4.69, 9.17) is 4.98 Å². The quantitative estimate of drug-likeness (QED) is 0.690. The lowest BCUT2D eigenvalue weighted by Crippen LogP contribution is -3.11. The van der Waals surface area contributed by atoms with E-state index in [1.165, 1.54) is 19.3 Å². The van der Waals surface area contributed by atoms with E-state index >= 15 is 0 Å². The van der Waals surface area contributed by atoms with Gasteiger partial charge >= 0.3 is 0 Å². The van der Waals surface area contributed by atoms with E-state index in [0.29, 0.717) is 5.91 Å². The number of nitrogens with one attached hydrogen (secondary N) is 1. The number of nitrogens with zero attached hydrogens (tertiary/aromatic N) is 2. The maximum atomic E-state index is 13.3. The summed E-state index contributed by atoms with van der Waals surface area (Å²) in [7, 11) is 0. The third-order valence-corrected chi connectivity index (χ3v) is 6.79. The Hall–Kier alpha value is -1.72. The largest absolute Gasteiger partial charge is 0.335 e. The third kappa shape index (κ3) is 5.42. The summed E-state index contributed by atoms with van der Waals surface area (Å²) >= 11 is 1.60. The lowest BCUT2D eigenvalue weighted by Gasteiger charge is -2.28. The second-order valence-corrected chi connectivity index (χ2v) is 8.60. The smallest absolute Gasteiger partial charge is 0.231 e. The molecule has 1 amide bonds. The molecule has 1 saturated carbocycles. The summed E-state index contributed by atoms with van der Waals surface area (Å²) in [6.07, 6.45) is 6.73. The van der Waals surface area contributed by atoms with Gasteiger partial charge in [0, 0.05) is 29.8 Å². The molecular weight excluding hydrogens is 366 g/mol. The molecule has 3 rings (SSSR count). The first-order chi connectivity index (χ1) is 13.7. The van der Waals surface area contributed by atoms with E-state index in [2.05, 4.69) is 31.4 Å². The van der Waals surface area contributed by atoms with Crippen molar-refractivity contribution in [3.05, 3.63) is 35.7 Å². The fourth-order valence-electron chi connectivity index (χ4n) is 4.09. The van der Waals surface area contributed by atoms with Crippen molar-refractivity contribution >= 4 is 22.4 Å². The monoisotopic (exact) mass is 400 g/mol. The van der Waals surface area contributed by atoms with Gasteiger partial charge in [-0.15, -0.1) is 11.3 Å². The van der Waals surface area contributed by atoms with Gasteiger partial charge < -0.3 is 4.90 Å². The van der Waals surface area contributed by atoms with Crippen LogP contribution in [0.4, 0.5) is 5.13 Å². The summed E-state index contributed by atoms with van der Waals surface area (Å²) in [5, 5.41) is 2.95. The first-order valence-electron chi connectivity index (χ1n) is 10.9. The minimum atomic E-state index is 0.179. The normalized spacial score (nSPS) is 15.1. The molecule has 0 spiro atoms. The van der Waals surface area contributed by atoms with Gasteiger partial charge in [-0.05, 0) is 26.7 Å². The summed E-state index contributed by atoms with van der Waals surface area (Å²) in [4.78, 5) is 21.8. The van der Waals surface area contributed by atoms with E-state index in [-0.39, 0.29) is 5.92 Å². The molecule has 2 aromatic rings. The van der Waals surface area contributed by atoms with Crippen molar-refractivity contribution in [2.45, 2.75) is 52.4 Å². The van der Waals surface area contributed by atoms with Gasteiger partial charge in [0.1, 0.15) is 0 Å². The maximum Gasteiger partial charge on any atom is 0.231 e. The van der Waals surface area contributed by atoms with Gasteiger partial charge in [0.05, 0.1) is 25.3 Å². The van der Waals surface area contributed by atoms with Gasteiger partial charge in [-0.2, -0.15) is 0 Å². The summed E-state index contributed by atoms with van der Waals surface area (Å²) in [5.41, 5.74) is 2.08. The molecule has 1 aliphatic carbocycles. The predicted molar refractivity (Wildman–Crippen MR) is 118 cm³/mol. The Morgan fingerprint density at radius 2 is 1.86 bits per heavy atom. The molecule has 0 saturated heterocycles. The van der Waals surface area contributed by atoms with Gasteiger partial charge in [-0.1, -0.05) is 49.6 Å². The second kappa shape index (κ2) is 10.7. The standard InChI is InChI=1S/C23H33N3OS/c1-3-25(4-2)16-11-17-26(22(27)20-14-9-6-10-15-20)23-24-21(18-28-23)19-12-7-5-8-13-19/h5,7-8,12-13,18,20H,3-4,6,9-11,14-17H2,1-2H3/p+1. The molecule has 28 heavy (non-hydrogen) atoms. The fourth-order valence-corrected chi connectivity index (χ4v) is 4.96. The molecule has 5 heteroatoms. The van der Waals surface area contributed by atoms with Crippen LogP contribution in [0.5, 0.6) is 0 Å². The van der Waals surface area contributed by atoms with E-state index in [9.17, 15) is 4.79 Å². The van der Waals surface area contributed by atoms with E-state index in [1.54, 1.807) is 16.2 Å². The molecule has 1 aromatic carbocycles. The number of quaternary nitrogens is 1. The number of thiazole rings is 1. The molecular formula is C23H34N3OS+. The van der Waals surface area contributed by atoms with Crippen LogP contribution in [0.2, 0.25) is 0 Å². The molecule has 0 aliphatic heterocycles. The van der Waals surface area contributed by atoms with Gasteiger partial charge in [-0.3, -0.25) is 9.69 Å². The van der Waals surface area contributed by atoms with Crippen LogP contribution in [0.3, 0.4) is 0 Å². The molecule has 1 aromatic heterocycles. The molecule has 1 fully saturated rings. The van der Waals surface area contributed by atoms with Crippen LogP contribution >= 0.6 is 11.3 Å². The van der Waals surface area contributed by atoms with Gasteiger partial charge in [0.25, 0.3) is 0 Å². The molecule has 1 aliphatic rings. The van der Waals surface area contributed by atoms with Crippen molar-refractivity contribution in [1.29, 1.82) is 0 Å². The van der Waals surface area contributed by atoms with Crippen LogP contribution in [-0.2, 0) is 4.79 Å². The van der Waals surface area contributed by atoms with Crippen molar-refractivity contribution in [3.8, 4) is 11.3 Å². The molecule has 0 radical (unpaired) electrons. The van der Waals surface area contributed by atoms with Crippen molar-refractivity contribution in [2.24, 2.45) is 5.92 Å². The Kier molecular flexibility index (Phi) is 8.04. The number of carbonyl (C=O) groups excluding carboxylic acids is 1. The number of rotatable bonds is 9. The number of anilines is 1. The minimum absolute atomic E-state index is 0.179. The number of benzene rings is 1. The van der Waals surface area contributed by atoms with Crippen LogP contribution in [0.1, 0.15) is 52.4 Å². The average Bonchev–Trinajstić information content (AvgIpc) is 3.25. The SMILES string of the molecule is CC[NH+](CC)CCCN(C(=O)C1CCCCC1)c1nc(-c2ccccc2)cs1. The Morgan fingerprint density at radius 3 is 2.54 bits per heavy atom. The van der Waals surface area contributed by atoms with Crippen LogP contribution in [0.15, 0.2) is 35.7 Å². The topological polar surface area (TPSA) is 37.6 Å². The number of carbonyl (C=O) groups is 1. The highest BCUT2D eigenvalue weighted by Gasteiger charge is 2.28. The van der Waals surface area contributed by atoms with Crippen LogP contribution in [0, 0.1) is 5.92 Å². The number of hydrogen-bond acceptors (Lipinski definition) is 3. The highest BCUT2D eigenvalue weighted by molar-refractivity contribution is 7.14. The lowest BCUT2D eigenvalue weighted by atomic mass is 9.88. The second-order valence-electron chi connectivity index (χ2n) is 7.77. The average molecular weight is 401 g/mol. The molecule has 0 atom stereocenters.